The van der Waals surface area contributed by atoms with Crippen molar-refractivity contribution in [3.63, 3.8) is 0 Å². The van der Waals surface area contributed by atoms with Gasteiger partial charge in [-0.2, -0.15) is 5.10 Å². The summed E-state index contributed by atoms with van der Waals surface area (Å²) in [5, 5.41) is 9.63. The Balaban J connectivity index is 1.63. The monoisotopic (exact) mass is 449 g/mol. The van der Waals surface area contributed by atoms with Crippen LogP contribution in [0.25, 0.3) is 22.3 Å². The average molecular weight is 450 g/mol. The Hall–Kier alpha value is -2.96. The van der Waals surface area contributed by atoms with Crippen LogP contribution in [0.4, 0.5) is 5.69 Å². The van der Waals surface area contributed by atoms with Crippen molar-refractivity contribution in [3.8, 4) is 16.3 Å². The number of thiophene rings is 1. The second-order valence-corrected chi connectivity index (χ2v) is 7.79. The van der Waals surface area contributed by atoms with Crippen LogP contribution < -0.4 is 5.32 Å². The predicted octanol–water partition coefficient (Wildman–Crippen LogP) is 6.02. The Labute approximate surface area is 175 Å². The van der Waals surface area contributed by atoms with Crippen molar-refractivity contribution in [2.75, 3.05) is 5.32 Å². The molecule has 0 atom stereocenters. The number of hydrogen-bond acceptors (Lipinski definition) is 3. The van der Waals surface area contributed by atoms with Gasteiger partial charge in [-0.05, 0) is 57.7 Å². The highest BCUT2D eigenvalue weighted by molar-refractivity contribution is 9.10. The van der Waals surface area contributed by atoms with Crippen LogP contribution in [-0.2, 0) is 4.79 Å². The summed E-state index contributed by atoms with van der Waals surface area (Å²) in [6, 6.07) is 21.5. The number of nitrogens with one attached hydrogen (secondary N) is 1. The Morgan fingerprint density at radius 3 is 2.57 bits per heavy atom. The lowest BCUT2D eigenvalue weighted by molar-refractivity contribution is -0.111. The molecule has 0 aliphatic carbocycles. The fraction of sp³-hybridized carbons (Fsp3) is 0. The summed E-state index contributed by atoms with van der Waals surface area (Å²) in [6.07, 6.45) is 5.27. The first-order chi connectivity index (χ1) is 13.7. The van der Waals surface area contributed by atoms with Crippen molar-refractivity contribution in [2.24, 2.45) is 0 Å². The number of para-hydroxylation sites is 2. The second kappa shape index (κ2) is 8.37. The van der Waals surface area contributed by atoms with Crippen LogP contribution in [0.15, 0.2) is 88.9 Å². The molecule has 2 heterocycles. The summed E-state index contributed by atoms with van der Waals surface area (Å²) in [7, 11) is 0. The minimum atomic E-state index is -0.198. The summed E-state index contributed by atoms with van der Waals surface area (Å²) >= 11 is 5.06. The van der Waals surface area contributed by atoms with E-state index in [9.17, 15) is 4.79 Å². The second-order valence-electron chi connectivity index (χ2n) is 5.99. The molecule has 4 rings (SSSR count). The highest BCUT2D eigenvalue weighted by atomic mass is 79.9. The number of halogens is 1. The Morgan fingerprint density at radius 1 is 1.04 bits per heavy atom. The molecule has 4 nitrogen and oxygen atoms in total. The molecule has 2 aromatic carbocycles. The number of carbonyl (C=O) groups excluding carboxylic acids is 1. The lowest BCUT2D eigenvalue weighted by atomic mass is 10.2. The summed E-state index contributed by atoms with van der Waals surface area (Å²) in [5.41, 5.74) is 3.44. The van der Waals surface area contributed by atoms with Crippen LogP contribution in [0.1, 0.15) is 5.56 Å². The molecule has 28 heavy (non-hydrogen) atoms. The van der Waals surface area contributed by atoms with Gasteiger partial charge >= 0.3 is 0 Å². The third kappa shape index (κ3) is 4.13. The molecule has 0 bridgehead atoms. The van der Waals surface area contributed by atoms with E-state index in [0.29, 0.717) is 0 Å². The third-order valence-corrected chi connectivity index (χ3v) is 5.63. The average Bonchev–Trinajstić information content (AvgIpc) is 3.38. The van der Waals surface area contributed by atoms with E-state index >= 15 is 0 Å². The summed E-state index contributed by atoms with van der Waals surface area (Å²) in [6.45, 7) is 0. The fourth-order valence-corrected chi connectivity index (χ4v) is 3.84. The molecule has 0 spiro atoms. The molecule has 0 unspecified atom stereocenters. The van der Waals surface area contributed by atoms with Gasteiger partial charge in [-0.25, -0.2) is 4.68 Å². The zero-order chi connectivity index (χ0) is 19.3. The van der Waals surface area contributed by atoms with E-state index in [1.165, 1.54) is 6.08 Å². The molecule has 2 aromatic heterocycles. The molecule has 0 aliphatic heterocycles. The number of nitrogens with zero attached hydrogens (tertiary/aromatic N) is 2. The van der Waals surface area contributed by atoms with Crippen LogP contribution in [0, 0.1) is 0 Å². The predicted molar refractivity (Wildman–Crippen MR) is 119 cm³/mol. The van der Waals surface area contributed by atoms with Crippen molar-refractivity contribution in [1.82, 2.24) is 9.78 Å². The Kier molecular flexibility index (Phi) is 5.50. The standard InChI is InChI=1S/C22H16BrN3OS/c23-18-9-4-5-10-19(18)24-21(27)13-12-16-15-26(17-7-2-1-3-8-17)25-22(16)20-11-6-14-28-20/h1-15H,(H,24,27)/b13-12-. The van der Waals surface area contributed by atoms with Gasteiger partial charge in [0, 0.05) is 22.3 Å². The first-order valence-electron chi connectivity index (χ1n) is 8.63. The van der Waals surface area contributed by atoms with Gasteiger partial charge in [-0.1, -0.05) is 36.4 Å². The molecule has 0 saturated carbocycles. The van der Waals surface area contributed by atoms with Crippen LogP contribution in [0.5, 0.6) is 0 Å². The Bertz CT molecular complexity index is 1120. The van der Waals surface area contributed by atoms with E-state index in [1.54, 1.807) is 17.4 Å². The molecule has 1 N–H and O–H groups in total. The summed E-state index contributed by atoms with van der Waals surface area (Å²) < 4.78 is 2.67. The van der Waals surface area contributed by atoms with Gasteiger partial charge in [0.2, 0.25) is 5.91 Å². The number of carbonyl (C=O) groups is 1. The minimum Gasteiger partial charge on any atom is -0.321 e. The van der Waals surface area contributed by atoms with E-state index in [4.69, 9.17) is 5.10 Å². The smallest absolute Gasteiger partial charge is 0.248 e. The Morgan fingerprint density at radius 2 is 1.82 bits per heavy atom. The minimum absolute atomic E-state index is 0.198. The number of anilines is 1. The number of aromatic nitrogens is 2. The molecule has 4 aromatic rings. The molecule has 0 saturated heterocycles. The molecule has 0 aliphatic rings. The third-order valence-electron chi connectivity index (χ3n) is 4.06. The highest BCUT2D eigenvalue weighted by Crippen LogP contribution is 2.28. The number of benzene rings is 2. The van der Waals surface area contributed by atoms with Crippen molar-refractivity contribution < 1.29 is 4.79 Å². The number of amides is 1. The van der Waals surface area contributed by atoms with Gasteiger partial charge in [-0.15, -0.1) is 11.3 Å². The van der Waals surface area contributed by atoms with E-state index in [-0.39, 0.29) is 5.91 Å². The van der Waals surface area contributed by atoms with Gasteiger partial charge in [0.1, 0.15) is 5.69 Å². The van der Waals surface area contributed by atoms with Gasteiger partial charge in [0.15, 0.2) is 0 Å². The molecule has 1 amide bonds. The maximum absolute atomic E-state index is 12.4. The van der Waals surface area contributed by atoms with Crippen LogP contribution in [0.3, 0.4) is 0 Å². The molecular formula is C22H16BrN3OS. The largest absolute Gasteiger partial charge is 0.321 e. The summed E-state index contributed by atoms with van der Waals surface area (Å²) in [5.74, 6) is -0.198. The van der Waals surface area contributed by atoms with E-state index in [0.717, 1.165) is 32.0 Å². The van der Waals surface area contributed by atoms with Crippen LogP contribution in [-0.4, -0.2) is 15.7 Å². The normalized spacial score (nSPS) is 11.0. The molecule has 138 valence electrons. The van der Waals surface area contributed by atoms with E-state index in [2.05, 4.69) is 21.2 Å². The lowest BCUT2D eigenvalue weighted by Gasteiger charge is -2.03. The molecule has 0 radical (unpaired) electrons. The van der Waals surface area contributed by atoms with Crippen LogP contribution in [0.2, 0.25) is 0 Å². The van der Waals surface area contributed by atoms with Gasteiger partial charge in [-0.3, -0.25) is 4.79 Å². The highest BCUT2D eigenvalue weighted by Gasteiger charge is 2.12. The number of rotatable bonds is 5. The van der Waals surface area contributed by atoms with Crippen molar-refractivity contribution in [2.45, 2.75) is 0 Å². The quantitative estimate of drug-likeness (QED) is 0.378. The van der Waals surface area contributed by atoms with E-state index < -0.39 is 0 Å². The zero-order valence-corrected chi connectivity index (χ0v) is 17.2. The SMILES string of the molecule is O=C(/C=C\c1cn(-c2ccccc2)nc1-c1cccs1)Nc1ccccc1Br. The lowest BCUT2D eigenvalue weighted by Crippen LogP contribution is -2.08. The molecule has 6 heteroatoms. The van der Waals surface area contributed by atoms with E-state index in [1.807, 2.05) is 83.0 Å². The molecular weight excluding hydrogens is 434 g/mol. The maximum atomic E-state index is 12.4. The summed E-state index contributed by atoms with van der Waals surface area (Å²) in [4.78, 5) is 13.4. The maximum Gasteiger partial charge on any atom is 0.248 e. The zero-order valence-electron chi connectivity index (χ0n) is 14.7. The van der Waals surface area contributed by atoms with Crippen LogP contribution >= 0.6 is 27.3 Å². The van der Waals surface area contributed by atoms with Gasteiger partial charge in [0.25, 0.3) is 0 Å². The van der Waals surface area contributed by atoms with Gasteiger partial charge in [0.05, 0.1) is 16.3 Å². The van der Waals surface area contributed by atoms with Crippen molar-refractivity contribution >= 4 is 44.9 Å². The van der Waals surface area contributed by atoms with Crippen molar-refractivity contribution in [3.05, 3.63) is 94.4 Å². The first kappa shape index (κ1) is 18.4. The van der Waals surface area contributed by atoms with Gasteiger partial charge < -0.3 is 5.32 Å². The topological polar surface area (TPSA) is 46.9 Å². The fourth-order valence-electron chi connectivity index (χ4n) is 2.73. The first-order valence-corrected chi connectivity index (χ1v) is 10.3. The van der Waals surface area contributed by atoms with Crippen molar-refractivity contribution in [1.29, 1.82) is 0 Å². The number of hydrogen-bond donors (Lipinski definition) is 1. The molecule has 0 fully saturated rings.